The molecule has 1 unspecified atom stereocenters. The molecule has 2 aromatic carbocycles. The number of hydrogen-bond acceptors (Lipinski definition) is 4. The Labute approximate surface area is 198 Å². The van der Waals surface area contributed by atoms with Crippen molar-refractivity contribution in [3.63, 3.8) is 0 Å². The molecular weight excluding hydrogens is 449 g/mol. The Hall–Kier alpha value is -2.50. The van der Waals surface area contributed by atoms with Crippen LogP contribution in [-0.4, -0.2) is 34.8 Å². The monoisotopic (exact) mass is 475 g/mol. The zero-order valence-electron chi connectivity index (χ0n) is 18.2. The summed E-state index contributed by atoms with van der Waals surface area (Å²) in [5, 5.41) is 11.6. The predicted octanol–water partition coefficient (Wildman–Crippen LogP) is 6.39. The summed E-state index contributed by atoms with van der Waals surface area (Å²) in [5.74, 6) is -0.891. The Kier molecular flexibility index (Phi) is 8.21. The second kappa shape index (κ2) is 10.9. The quantitative estimate of drug-likeness (QED) is 0.197. The highest BCUT2D eigenvalue weighted by molar-refractivity contribution is 6.46. The van der Waals surface area contributed by atoms with E-state index in [1.807, 2.05) is 31.2 Å². The molecule has 0 aliphatic carbocycles. The molecule has 1 amide bonds. The van der Waals surface area contributed by atoms with Gasteiger partial charge in [-0.15, -0.1) is 0 Å². The summed E-state index contributed by atoms with van der Waals surface area (Å²) in [4.78, 5) is 27.2. The van der Waals surface area contributed by atoms with Crippen molar-refractivity contribution in [1.82, 2.24) is 4.90 Å². The van der Waals surface area contributed by atoms with Crippen LogP contribution in [0.1, 0.15) is 56.7 Å². The molecule has 1 atom stereocenters. The highest BCUT2D eigenvalue weighted by Gasteiger charge is 2.45. The summed E-state index contributed by atoms with van der Waals surface area (Å²) < 4.78 is 5.77. The fourth-order valence-corrected chi connectivity index (χ4v) is 4.08. The smallest absolute Gasteiger partial charge is 0.295 e. The number of ketones is 1. The summed E-state index contributed by atoms with van der Waals surface area (Å²) in [6, 6.07) is 11.2. The number of carbonyl (C=O) groups is 2. The molecule has 0 spiro atoms. The van der Waals surface area contributed by atoms with Crippen molar-refractivity contribution in [3.8, 4) is 5.75 Å². The standard InChI is InChI=1S/C25H27Cl2NO4/c1-3-5-6-14-32-18-10-7-16(8-11-18)22-21(24(30)25(31)28(22)13-4-2)23(29)17-9-12-19(26)20(27)15-17/h7-12,15,22,29H,3-6,13-14H2,1-2H3/b23-21-. The van der Waals surface area contributed by atoms with Crippen LogP contribution in [0.2, 0.25) is 10.0 Å². The van der Waals surface area contributed by atoms with Crippen LogP contribution in [0, 0.1) is 0 Å². The number of aliphatic hydroxyl groups excluding tert-OH is 1. The second-order valence-corrected chi connectivity index (χ2v) is 8.56. The number of aliphatic hydroxyl groups is 1. The van der Waals surface area contributed by atoms with Crippen LogP contribution in [-0.2, 0) is 9.59 Å². The third kappa shape index (κ3) is 5.11. The molecule has 0 saturated carbocycles. The van der Waals surface area contributed by atoms with Crippen LogP contribution < -0.4 is 4.74 Å². The predicted molar refractivity (Wildman–Crippen MR) is 127 cm³/mol. The number of amides is 1. The molecule has 0 aromatic heterocycles. The number of unbranched alkanes of at least 4 members (excludes halogenated alkanes) is 2. The number of halogens is 2. The molecule has 7 heteroatoms. The van der Waals surface area contributed by atoms with Gasteiger partial charge in [-0.1, -0.05) is 62.0 Å². The third-order valence-corrected chi connectivity index (χ3v) is 6.15. The van der Waals surface area contributed by atoms with Gasteiger partial charge >= 0.3 is 0 Å². The van der Waals surface area contributed by atoms with Gasteiger partial charge in [0.25, 0.3) is 11.7 Å². The zero-order valence-corrected chi connectivity index (χ0v) is 19.7. The van der Waals surface area contributed by atoms with Crippen molar-refractivity contribution in [2.45, 2.75) is 45.6 Å². The van der Waals surface area contributed by atoms with Crippen LogP contribution >= 0.6 is 23.2 Å². The molecular formula is C25H27Cl2NO4. The minimum absolute atomic E-state index is 0.0402. The summed E-state index contributed by atoms with van der Waals surface area (Å²) in [5.41, 5.74) is 1.09. The number of benzene rings is 2. The summed E-state index contributed by atoms with van der Waals surface area (Å²) in [7, 11) is 0. The van der Waals surface area contributed by atoms with E-state index in [9.17, 15) is 14.7 Å². The first kappa shape index (κ1) is 24.1. The Balaban J connectivity index is 1.99. The van der Waals surface area contributed by atoms with Crippen LogP contribution in [0.15, 0.2) is 48.0 Å². The largest absolute Gasteiger partial charge is 0.507 e. The van der Waals surface area contributed by atoms with Crippen LogP contribution in [0.25, 0.3) is 5.76 Å². The van der Waals surface area contributed by atoms with Gasteiger partial charge in [-0.25, -0.2) is 0 Å². The molecule has 1 fully saturated rings. The summed E-state index contributed by atoms with van der Waals surface area (Å²) >= 11 is 12.1. The van der Waals surface area contributed by atoms with E-state index in [4.69, 9.17) is 27.9 Å². The normalized spacial score (nSPS) is 17.8. The van der Waals surface area contributed by atoms with Crippen molar-refractivity contribution >= 4 is 40.7 Å². The summed E-state index contributed by atoms with van der Waals surface area (Å²) in [6.07, 6.45) is 3.89. The number of hydrogen-bond donors (Lipinski definition) is 1. The topological polar surface area (TPSA) is 66.8 Å². The first-order chi connectivity index (χ1) is 15.4. The van der Waals surface area contributed by atoms with Crippen molar-refractivity contribution in [3.05, 3.63) is 69.2 Å². The molecule has 0 radical (unpaired) electrons. The van der Waals surface area contributed by atoms with Crippen LogP contribution in [0.5, 0.6) is 5.75 Å². The third-order valence-electron chi connectivity index (χ3n) is 5.41. The molecule has 1 aliphatic rings. The number of ether oxygens (including phenoxy) is 1. The fourth-order valence-electron chi connectivity index (χ4n) is 3.79. The highest BCUT2D eigenvalue weighted by Crippen LogP contribution is 2.40. The fraction of sp³-hybridized carbons (Fsp3) is 0.360. The molecule has 1 N–H and O–H groups in total. The number of rotatable bonds is 9. The van der Waals surface area contributed by atoms with E-state index in [0.29, 0.717) is 30.2 Å². The molecule has 0 bridgehead atoms. The van der Waals surface area contributed by atoms with Crippen molar-refractivity contribution in [1.29, 1.82) is 0 Å². The molecule has 2 aromatic rings. The van der Waals surface area contributed by atoms with Gasteiger partial charge < -0.3 is 14.7 Å². The Morgan fingerprint density at radius 1 is 1.00 bits per heavy atom. The van der Waals surface area contributed by atoms with Gasteiger partial charge in [0.1, 0.15) is 11.5 Å². The Bertz CT molecular complexity index is 1020. The van der Waals surface area contributed by atoms with Gasteiger partial charge in [0, 0.05) is 12.1 Å². The number of carbonyl (C=O) groups excluding carboxylic acids is 2. The van der Waals surface area contributed by atoms with Gasteiger partial charge in [-0.05, 0) is 48.7 Å². The highest BCUT2D eigenvalue weighted by atomic mass is 35.5. The Morgan fingerprint density at radius 3 is 2.34 bits per heavy atom. The lowest BCUT2D eigenvalue weighted by atomic mass is 9.95. The molecule has 1 aliphatic heterocycles. The maximum Gasteiger partial charge on any atom is 0.295 e. The van der Waals surface area contributed by atoms with Crippen molar-refractivity contribution < 1.29 is 19.4 Å². The molecule has 5 nitrogen and oxygen atoms in total. The molecule has 170 valence electrons. The molecule has 1 saturated heterocycles. The van der Waals surface area contributed by atoms with E-state index < -0.39 is 17.7 Å². The van der Waals surface area contributed by atoms with Crippen molar-refractivity contribution in [2.24, 2.45) is 0 Å². The maximum atomic E-state index is 12.9. The molecule has 3 rings (SSSR count). The van der Waals surface area contributed by atoms with E-state index in [1.54, 1.807) is 12.1 Å². The van der Waals surface area contributed by atoms with Crippen molar-refractivity contribution in [2.75, 3.05) is 13.2 Å². The van der Waals surface area contributed by atoms with E-state index >= 15 is 0 Å². The SMILES string of the molecule is CCCCCOc1ccc(C2/C(=C(/O)c3ccc(Cl)c(Cl)c3)C(=O)C(=O)N2CCC)cc1. The van der Waals surface area contributed by atoms with Crippen LogP contribution in [0.4, 0.5) is 0 Å². The first-order valence-corrected chi connectivity index (χ1v) is 11.6. The Morgan fingerprint density at radius 2 is 1.72 bits per heavy atom. The number of likely N-dealkylation sites (tertiary alicyclic amines) is 1. The van der Waals surface area contributed by atoms with Crippen LogP contribution in [0.3, 0.4) is 0 Å². The average Bonchev–Trinajstić information content (AvgIpc) is 3.04. The second-order valence-electron chi connectivity index (χ2n) is 7.75. The van der Waals surface area contributed by atoms with Gasteiger partial charge in [0.15, 0.2) is 0 Å². The summed E-state index contributed by atoms with van der Waals surface area (Å²) in [6.45, 7) is 5.10. The lowest BCUT2D eigenvalue weighted by molar-refractivity contribution is -0.139. The molecule has 1 heterocycles. The minimum atomic E-state index is -0.716. The van der Waals surface area contributed by atoms with E-state index in [0.717, 1.165) is 30.6 Å². The van der Waals surface area contributed by atoms with Gasteiger partial charge in [0.2, 0.25) is 0 Å². The number of Topliss-reactive ketones (excluding diaryl/α,β-unsaturated/α-hetero) is 1. The zero-order chi connectivity index (χ0) is 23.3. The van der Waals surface area contributed by atoms with E-state index in [1.165, 1.54) is 11.0 Å². The van der Waals surface area contributed by atoms with Gasteiger partial charge in [-0.2, -0.15) is 0 Å². The lowest BCUT2D eigenvalue weighted by Gasteiger charge is -2.25. The first-order valence-electron chi connectivity index (χ1n) is 10.9. The number of nitrogens with zero attached hydrogens (tertiary/aromatic N) is 1. The lowest BCUT2D eigenvalue weighted by Crippen LogP contribution is -2.30. The van der Waals surface area contributed by atoms with Gasteiger partial charge in [-0.3, -0.25) is 9.59 Å². The maximum absolute atomic E-state index is 12.9. The molecule has 32 heavy (non-hydrogen) atoms. The minimum Gasteiger partial charge on any atom is -0.507 e. The van der Waals surface area contributed by atoms with E-state index in [-0.39, 0.29) is 16.4 Å². The van der Waals surface area contributed by atoms with Gasteiger partial charge in [0.05, 0.1) is 28.3 Å². The van der Waals surface area contributed by atoms with E-state index in [2.05, 4.69) is 6.92 Å². The average molecular weight is 476 g/mol.